The predicted octanol–water partition coefficient (Wildman–Crippen LogP) is 4.32. The van der Waals surface area contributed by atoms with E-state index in [0.717, 1.165) is 57.4 Å². The Bertz CT molecular complexity index is 913. The number of methoxy groups -OCH3 is 1. The van der Waals surface area contributed by atoms with Gasteiger partial charge in [-0.2, -0.15) is 0 Å². The fraction of sp³-hybridized carbons (Fsp3) is 0.500. The Labute approximate surface area is 214 Å². The Morgan fingerprint density at radius 1 is 1.12 bits per heavy atom. The number of rotatable bonds is 5. The maximum absolute atomic E-state index is 6.12. The van der Waals surface area contributed by atoms with E-state index in [0.29, 0.717) is 6.61 Å². The molecule has 0 aliphatic carbocycles. The second kappa shape index (κ2) is 12.0. The van der Waals surface area contributed by atoms with Gasteiger partial charge in [-0.1, -0.05) is 36.4 Å². The van der Waals surface area contributed by atoms with E-state index in [1.54, 1.807) is 7.11 Å². The minimum atomic E-state index is 0. The summed E-state index contributed by atoms with van der Waals surface area (Å²) in [5.41, 5.74) is 3.86. The third-order valence-corrected chi connectivity index (χ3v) is 6.85. The van der Waals surface area contributed by atoms with Gasteiger partial charge in [-0.25, -0.2) is 0 Å². The molecule has 1 atom stereocenters. The molecule has 7 heteroatoms. The van der Waals surface area contributed by atoms with Crippen LogP contribution >= 0.6 is 24.0 Å². The van der Waals surface area contributed by atoms with E-state index in [4.69, 9.17) is 14.2 Å². The maximum Gasteiger partial charge on any atom is 0.193 e. The average Bonchev–Trinajstić information content (AvgIpc) is 2.85. The number of nitrogens with zero attached hydrogens (tertiary/aromatic N) is 2. The van der Waals surface area contributed by atoms with Gasteiger partial charge in [0.05, 0.1) is 20.3 Å². The number of morpholine rings is 1. The highest BCUT2D eigenvalue weighted by Crippen LogP contribution is 2.35. The van der Waals surface area contributed by atoms with Crippen LogP contribution in [0.15, 0.2) is 53.5 Å². The molecule has 4 rings (SSSR count). The number of hydrogen-bond acceptors (Lipinski definition) is 4. The summed E-state index contributed by atoms with van der Waals surface area (Å²) in [5, 5.41) is 3.70. The standard InChI is InChI=1S/C26H35N3O3.HI/c1-20-6-4-5-7-23(20)24-18-29(14-17-32-24)25(27-2)28-19-26(12-15-31-16-13-26)21-8-10-22(30-3)11-9-21;/h4-11,24H,12-19H2,1-3H3,(H,27,28);1H. The van der Waals surface area contributed by atoms with Crippen LogP contribution in [0.1, 0.15) is 35.6 Å². The second-order valence-corrected chi connectivity index (χ2v) is 8.68. The van der Waals surface area contributed by atoms with E-state index in [-0.39, 0.29) is 35.5 Å². The summed E-state index contributed by atoms with van der Waals surface area (Å²) in [6, 6.07) is 17.0. The molecule has 0 saturated carbocycles. The first-order valence-corrected chi connectivity index (χ1v) is 11.5. The number of ether oxygens (including phenoxy) is 3. The summed E-state index contributed by atoms with van der Waals surface area (Å²) < 4.78 is 17.2. The SMILES string of the molecule is CN=C(NCC1(c2ccc(OC)cc2)CCOCC1)N1CCOC(c2ccccc2C)C1.I. The van der Waals surface area contributed by atoms with Gasteiger partial charge in [0.25, 0.3) is 0 Å². The Kier molecular flexibility index (Phi) is 9.40. The van der Waals surface area contributed by atoms with Crippen molar-refractivity contribution in [1.29, 1.82) is 0 Å². The molecule has 0 spiro atoms. The van der Waals surface area contributed by atoms with Gasteiger partial charge in [-0.15, -0.1) is 24.0 Å². The molecule has 2 saturated heterocycles. The molecular formula is C26H36IN3O3. The largest absolute Gasteiger partial charge is 0.497 e. The first-order valence-electron chi connectivity index (χ1n) is 11.5. The van der Waals surface area contributed by atoms with E-state index in [2.05, 4.69) is 70.7 Å². The van der Waals surface area contributed by atoms with E-state index >= 15 is 0 Å². The lowest BCUT2D eigenvalue weighted by Crippen LogP contribution is -2.52. The van der Waals surface area contributed by atoms with Gasteiger partial charge in [-0.05, 0) is 48.6 Å². The molecule has 0 radical (unpaired) electrons. The summed E-state index contributed by atoms with van der Waals surface area (Å²) in [5.74, 6) is 1.82. The van der Waals surface area contributed by atoms with Crippen molar-refractivity contribution in [2.24, 2.45) is 4.99 Å². The van der Waals surface area contributed by atoms with Crippen LogP contribution in [0, 0.1) is 6.92 Å². The first-order chi connectivity index (χ1) is 15.6. The summed E-state index contributed by atoms with van der Waals surface area (Å²) >= 11 is 0. The molecule has 0 bridgehead atoms. The van der Waals surface area contributed by atoms with Crippen molar-refractivity contribution in [3.63, 3.8) is 0 Å². The third-order valence-electron chi connectivity index (χ3n) is 6.85. The van der Waals surface area contributed by atoms with Crippen molar-refractivity contribution >= 4 is 29.9 Å². The molecule has 2 aliphatic rings. The molecule has 2 aliphatic heterocycles. The zero-order chi connectivity index (χ0) is 22.4. The summed E-state index contributed by atoms with van der Waals surface area (Å²) in [7, 11) is 3.57. The molecule has 2 heterocycles. The van der Waals surface area contributed by atoms with Crippen LogP contribution in [0.5, 0.6) is 5.75 Å². The van der Waals surface area contributed by atoms with E-state index < -0.39 is 0 Å². The molecule has 2 aromatic rings. The molecule has 0 aromatic heterocycles. The second-order valence-electron chi connectivity index (χ2n) is 8.68. The fourth-order valence-electron chi connectivity index (χ4n) is 4.83. The molecule has 2 aromatic carbocycles. The molecule has 6 nitrogen and oxygen atoms in total. The van der Waals surface area contributed by atoms with Gasteiger partial charge in [0.15, 0.2) is 5.96 Å². The normalized spacial score (nSPS) is 20.6. The van der Waals surface area contributed by atoms with Crippen LogP contribution in [-0.4, -0.2) is 64.5 Å². The number of aryl methyl sites for hydroxylation is 1. The Balaban J connectivity index is 0.00000306. The number of benzene rings is 2. The molecule has 0 amide bonds. The van der Waals surface area contributed by atoms with Crippen molar-refractivity contribution in [3.05, 3.63) is 65.2 Å². The fourth-order valence-corrected chi connectivity index (χ4v) is 4.83. The highest BCUT2D eigenvalue weighted by atomic mass is 127. The van der Waals surface area contributed by atoms with Crippen LogP contribution in [0.3, 0.4) is 0 Å². The Morgan fingerprint density at radius 3 is 2.52 bits per heavy atom. The summed E-state index contributed by atoms with van der Waals surface area (Å²) in [4.78, 5) is 6.94. The molecule has 33 heavy (non-hydrogen) atoms. The molecule has 1 unspecified atom stereocenters. The van der Waals surface area contributed by atoms with Crippen molar-refractivity contribution < 1.29 is 14.2 Å². The van der Waals surface area contributed by atoms with Crippen molar-refractivity contribution in [2.45, 2.75) is 31.3 Å². The monoisotopic (exact) mass is 565 g/mol. The first kappa shape index (κ1) is 25.8. The molecule has 2 fully saturated rings. The number of nitrogens with one attached hydrogen (secondary N) is 1. The van der Waals surface area contributed by atoms with Crippen molar-refractivity contribution in [2.75, 3.05) is 53.6 Å². The number of aliphatic imine (C=N–C) groups is 1. The molecular weight excluding hydrogens is 529 g/mol. The van der Waals surface area contributed by atoms with Gasteiger partial charge in [-0.3, -0.25) is 4.99 Å². The number of halogens is 1. The van der Waals surface area contributed by atoms with Gasteiger partial charge in [0, 0.05) is 38.8 Å². The van der Waals surface area contributed by atoms with Gasteiger partial charge in [0.2, 0.25) is 0 Å². The van der Waals surface area contributed by atoms with Crippen molar-refractivity contribution in [1.82, 2.24) is 10.2 Å². The zero-order valence-electron chi connectivity index (χ0n) is 19.9. The Morgan fingerprint density at radius 2 is 1.85 bits per heavy atom. The zero-order valence-corrected chi connectivity index (χ0v) is 22.2. The third kappa shape index (κ3) is 6.00. The summed E-state index contributed by atoms with van der Waals surface area (Å²) in [6.45, 7) is 6.84. The van der Waals surface area contributed by atoms with Gasteiger partial charge < -0.3 is 24.4 Å². The predicted molar refractivity (Wildman–Crippen MR) is 143 cm³/mol. The Hall–Kier alpha value is -1.84. The van der Waals surface area contributed by atoms with Gasteiger partial charge in [0.1, 0.15) is 11.9 Å². The number of hydrogen-bond donors (Lipinski definition) is 1. The molecule has 180 valence electrons. The van der Waals surface area contributed by atoms with Crippen LogP contribution in [0.2, 0.25) is 0 Å². The van der Waals surface area contributed by atoms with Crippen LogP contribution in [-0.2, 0) is 14.9 Å². The smallest absolute Gasteiger partial charge is 0.193 e. The topological polar surface area (TPSA) is 55.3 Å². The van der Waals surface area contributed by atoms with Crippen LogP contribution in [0.4, 0.5) is 0 Å². The van der Waals surface area contributed by atoms with Gasteiger partial charge >= 0.3 is 0 Å². The summed E-state index contributed by atoms with van der Waals surface area (Å²) in [6.07, 6.45) is 2.03. The highest BCUT2D eigenvalue weighted by molar-refractivity contribution is 14.0. The van der Waals surface area contributed by atoms with Crippen molar-refractivity contribution in [3.8, 4) is 5.75 Å². The maximum atomic E-state index is 6.12. The lowest BCUT2D eigenvalue weighted by Gasteiger charge is -2.40. The average molecular weight is 565 g/mol. The number of guanidine groups is 1. The minimum absolute atomic E-state index is 0. The van der Waals surface area contributed by atoms with E-state index in [1.165, 1.54) is 16.7 Å². The molecule has 1 N–H and O–H groups in total. The highest BCUT2D eigenvalue weighted by Gasteiger charge is 2.35. The van der Waals surface area contributed by atoms with E-state index in [9.17, 15) is 0 Å². The lowest BCUT2D eigenvalue weighted by atomic mass is 9.74. The van der Waals surface area contributed by atoms with Crippen LogP contribution in [0.25, 0.3) is 0 Å². The lowest BCUT2D eigenvalue weighted by molar-refractivity contribution is -0.00863. The van der Waals surface area contributed by atoms with Crippen LogP contribution < -0.4 is 10.1 Å². The van der Waals surface area contributed by atoms with E-state index in [1.807, 2.05) is 7.05 Å². The minimum Gasteiger partial charge on any atom is -0.497 e. The quantitative estimate of drug-likeness (QED) is 0.333.